The molecule has 148 valence electrons. The van der Waals surface area contributed by atoms with Crippen molar-refractivity contribution in [1.29, 1.82) is 0 Å². The molecule has 0 spiro atoms. The van der Waals surface area contributed by atoms with E-state index in [1.165, 1.54) is 17.8 Å². The smallest absolute Gasteiger partial charge is 0.266 e. The average Bonchev–Trinajstić information content (AvgIpc) is 3.20. The lowest BCUT2D eigenvalue weighted by Gasteiger charge is -2.18. The van der Waals surface area contributed by atoms with Gasteiger partial charge in [0, 0.05) is 22.9 Å². The third kappa shape index (κ3) is 4.54. The van der Waals surface area contributed by atoms with Crippen LogP contribution in [0.4, 0.5) is 4.39 Å². The number of hydrogen-bond acceptors (Lipinski definition) is 4. The molecule has 3 aromatic rings. The lowest BCUT2D eigenvalue weighted by atomic mass is 10.1. The fraction of sp³-hybridized carbons (Fsp3) is 0.182. The Morgan fingerprint density at radius 3 is 2.79 bits per heavy atom. The maximum atomic E-state index is 14.0. The van der Waals surface area contributed by atoms with Gasteiger partial charge in [-0.2, -0.15) is 0 Å². The summed E-state index contributed by atoms with van der Waals surface area (Å²) in [6.45, 7) is 0.931. The second-order valence-electron chi connectivity index (χ2n) is 6.50. The van der Waals surface area contributed by atoms with Crippen molar-refractivity contribution in [2.24, 2.45) is 4.99 Å². The van der Waals surface area contributed by atoms with Crippen LogP contribution in [-0.2, 0) is 10.5 Å². The van der Waals surface area contributed by atoms with E-state index in [0.717, 1.165) is 10.8 Å². The van der Waals surface area contributed by atoms with Crippen molar-refractivity contribution in [3.05, 3.63) is 77.1 Å². The van der Waals surface area contributed by atoms with E-state index in [4.69, 9.17) is 16.3 Å². The molecule has 0 radical (unpaired) electrons. The molecule has 0 fully saturated rings. The average molecular weight is 429 g/mol. The van der Waals surface area contributed by atoms with Crippen LogP contribution in [0.3, 0.4) is 0 Å². The Kier molecular flexibility index (Phi) is 6.02. The normalized spacial score (nSPS) is 13.6. The molecule has 1 amide bonds. The molecule has 29 heavy (non-hydrogen) atoms. The van der Waals surface area contributed by atoms with Crippen LogP contribution in [0, 0.1) is 5.82 Å². The summed E-state index contributed by atoms with van der Waals surface area (Å²) < 4.78 is 19.7. The summed E-state index contributed by atoms with van der Waals surface area (Å²) >= 11 is 7.38. The van der Waals surface area contributed by atoms with Gasteiger partial charge in [-0.3, -0.25) is 14.7 Å². The van der Waals surface area contributed by atoms with Gasteiger partial charge in [-0.25, -0.2) is 4.39 Å². The van der Waals surface area contributed by atoms with Crippen LogP contribution in [0.5, 0.6) is 5.75 Å². The van der Waals surface area contributed by atoms with Crippen LogP contribution >= 0.6 is 23.4 Å². The number of rotatable bonds is 5. The van der Waals surface area contributed by atoms with Crippen LogP contribution in [0.15, 0.2) is 65.7 Å². The standard InChI is InChI=1S/C22H18ClFN2O2S/c23-19-6-3-7-20(24)18(19)14-29-22-25-10-11-26(22)21(27)13-28-17-9-8-15-4-1-2-5-16(15)12-17/h1-9,12H,10-11,13-14H2. The van der Waals surface area contributed by atoms with Crippen LogP contribution in [0.1, 0.15) is 5.56 Å². The molecule has 0 bridgehead atoms. The minimum absolute atomic E-state index is 0.0849. The van der Waals surface area contributed by atoms with Crippen LogP contribution in [0.25, 0.3) is 10.8 Å². The van der Waals surface area contributed by atoms with E-state index >= 15 is 0 Å². The van der Waals surface area contributed by atoms with Gasteiger partial charge in [-0.1, -0.05) is 59.8 Å². The first-order valence-corrected chi connectivity index (χ1v) is 10.5. The molecule has 7 heteroatoms. The number of amides is 1. The lowest BCUT2D eigenvalue weighted by molar-refractivity contribution is -0.128. The zero-order valence-corrected chi connectivity index (χ0v) is 17.0. The van der Waals surface area contributed by atoms with Crippen LogP contribution in [-0.4, -0.2) is 35.7 Å². The van der Waals surface area contributed by atoms with Crippen molar-refractivity contribution in [3.8, 4) is 5.75 Å². The highest BCUT2D eigenvalue weighted by Crippen LogP contribution is 2.27. The number of thioether (sulfide) groups is 1. The third-order valence-electron chi connectivity index (χ3n) is 4.59. The third-order valence-corrected chi connectivity index (χ3v) is 5.99. The predicted molar refractivity (Wildman–Crippen MR) is 116 cm³/mol. The van der Waals surface area contributed by atoms with Gasteiger partial charge in [0.1, 0.15) is 11.6 Å². The van der Waals surface area contributed by atoms with Crippen molar-refractivity contribution in [2.75, 3.05) is 19.7 Å². The molecule has 1 aliphatic rings. The van der Waals surface area contributed by atoms with E-state index < -0.39 is 0 Å². The molecule has 0 aliphatic carbocycles. The van der Waals surface area contributed by atoms with E-state index in [0.29, 0.717) is 40.3 Å². The summed E-state index contributed by atoms with van der Waals surface area (Å²) in [6, 6.07) is 18.3. The highest BCUT2D eigenvalue weighted by atomic mass is 35.5. The van der Waals surface area contributed by atoms with Gasteiger partial charge >= 0.3 is 0 Å². The van der Waals surface area contributed by atoms with E-state index in [-0.39, 0.29) is 18.3 Å². The second-order valence-corrected chi connectivity index (χ2v) is 7.85. The van der Waals surface area contributed by atoms with Crippen LogP contribution in [0.2, 0.25) is 5.02 Å². The Labute approximate surface area is 177 Å². The zero-order valence-electron chi connectivity index (χ0n) is 15.5. The first kappa shape index (κ1) is 19.7. The SMILES string of the molecule is O=C(COc1ccc2ccccc2c1)N1CCN=C1SCc1c(F)cccc1Cl. The van der Waals surface area contributed by atoms with Crippen LogP contribution < -0.4 is 4.74 Å². The highest BCUT2D eigenvalue weighted by Gasteiger charge is 2.25. The number of ether oxygens (including phenoxy) is 1. The topological polar surface area (TPSA) is 41.9 Å². The van der Waals surface area contributed by atoms with Gasteiger partial charge in [-0.15, -0.1) is 0 Å². The Hall–Kier alpha value is -2.57. The van der Waals surface area contributed by atoms with E-state index in [1.54, 1.807) is 17.0 Å². The number of fused-ring (bicyclic) bond motifs is 1. The molecule has 3 aromatic carbocycles. The van der Waals surface area contributed by atoms with Gasteiger partial charge < -0.3 is 4.74 Å². The summed E-state index contributed by atoms with van der Waals surface area (Å²) in [5, 5.41) is 3.10. The molecule has 0 N–H and O–H groups in total. The molecule has 1 aliphatic heterocycles. The van der Waals surface area contributed by atoms with Crippen molar-refractivity contribution >= 4 is 45.2 Å². The monoisotopic (exact) mass is 428 g/mol. The Morgan fingerprint density at radius 1 is 1.14 bits per heavy atom. The maximum absolute atomic E-state index is 14.0. The number of amidine groups is 1. The summed E-state index contributed by atoms with van der Waals surface area (Å²) in [4.78, 5) is 18.6. The molecular formula is C22H18ClFN2O2S. The quantitative estimate of drug-likeness (QED) is 0.564. The molecule has 1 heterocycles. The first-order chi connectivity index (χ1) is 14.1. The first-order valence-electron chi connectivity index (χ1n) is 9.14. The Bertz CT molecular complexity index is 1070. The van der Waals surface area contributed by atoms with Gasteiger partial charge in [0.2, 0.25) is 0 Å². The van der Waals surface area contributed by atoms with Gasteiger partial charge in [0.05, 0.1) is 6.54 Å². The fourth-order valence-corrected chi connectivity index (χ4v) is 4.48. The second kappa shape index (κ2) is 8.84. The Balaban J connectivity index is 1.37. The molecule has 0 atom stereocenters. The number of nitrogens with zero attached hydrogens (tertiary/aromatic N) is 2. The molecule has 4 nitrogen and oxygen atoms in total. The lowest BCUT2D eigenvalue weighted by Crippen LogP contribution is -2.36. The van der Waals surface area contributed by atoms with Crippen molar-refractivity contribution < 1.29 is 13.9 Å². The molecule has 0 saturated carbocycles. The minimum Gasteiger partial charge on any atom is -0.484 e. The number of benzene rings is 3. The minimum atomic E-state index is -0.360. The Morgan fingerprint density at radius 2 is 1.97 bits per heavy atom. The maximum Gasteiger partial charge on any atom is 0.266 e. The van der Waals surface area contributed by atoms with Gasteiger partial charge in [0.25, 0.3) is 5.91 Å². The molecular weight excluding hydrogens is 411 g/mol. The fourth-order valence-electron chi connectivity index (χ4n) is 3.07. The summed E-state index contributed by atoms with van der Waals surface area (Å²) in [5.74, 6) is 0.405. The number of carbonyl (C=O) groups is 1. The highest BCUT2D eigenvalue weighted by molar-refractivity contribution is 8.13. The van der Waals surface area contributed by atoms with E-state index in [1.807, 2.05) is 42.5 Å². The summed E-state index contributed by atoms with van der Waals surface area (Å²) in [6.07, 6.45) is 0. The van der Waals surface area contributed by atoms with Gasteiger partial charge in [-0.05, 0) is 35.0 Å². The van der Waals surface area contributed by atoms with Gasteiger partial charge in [0.15, 0.2) is 11.8 Å². The van der Waals surface area contributed by atoms with Crippen molar-refractivity contribution in [3.63, 3.8) is 0 Å². The predicted octanol–water partition coefficient (Wildman–Crippen LogP) is 5.14. The summed E-state index contributed by atoms with van der Waals surface area (Å²) in [7, 11) is 0. The van der Waals surface area contributed by atoms with Crippen molar-refractivity contribution in [1.82, 2.24) is 4.90 Å². The molecule has 0 aromatic heterocycles. The zero-order chi connectivity index (χ0) is 20.2. The van der Waals surface area contributed by atoms with Crippen molar-refractivity contribution in [2.45, 2.75) is 5.75 Å². The molecule has 0 saturated heterocycles. The van der Waals surface area contributed by atoms with E-state index in [2.05, 4.69) is 4.99 Å². The number of hydrogen-bond donors (Lipinski definition) is 0. The number of halogens is 2. The summed E-state index contributed by atoms with van der Waals surface area (Å²) in [5.41, 5.74) is 0.411. The number of aliphatic imine (C=N–C) groups is 1. The molecule has 0 unspecified atom stereocenters. The largest absolute Gasteiger partial charge is 0.484 e. The molecule has 4 rings (SSSR count). The van der Waals surface area contributed by atoms with E-state index in [9.17, 15) is 9.18 Å². The number of carbonyl (C=O) groups excluding carboxylic acids is 1.